The van der Waals surface area contributed by atoms with Gasteiger partial charge in [-0.15, -0.1) is 0 Å². The van der Waals surface area contributed by atoms with Crippen molar-refractivity contribution in [2.45, 2.75) is 57.2 Å². The summed E-state index contributed by atoms with van der Waals surface area (Å²) in [5, 5.41) is 14.7. The number of halogens is 3. The van der Waals surface area contributed by atoms with Crippen LogP contribution in [0.25, 0.3) is 11.3 Å². The van der Waals surface area contributed by atoms with Gasteiger partial charge in [-0.3, -0.25) is 0 Å². The highest BCUT2D eigenvalue weighted by Gasteiger charge is 2.47. The molecule has 9 heteroatoms. The highest BCUT2D eigenvalue weighted by molar-refractivity contribution is 6.39. The fourth-order valence-corrected chi connectivity index (χ4v) is 6.38. The van der Waals surface area contributed by atoms with E-state index in [0.29, 0.717) is 39.5 Å². The van der Waals surface area contributed by atoms with Crippen molar-refractivity contribution < 1.29 is 23.6 Å². The number of aromatic nitrogens is 1. The Morgan fingerprint density at radius 1 is 1.16 bits per heavy atom. The van der Waals surface area contributed by atoms with Crippen LogP contribution in [0.5, 0.6) is 0 Å². The van der Waals surface area contributed by atoms with E-state index in [9.17, 15) is 14.3 Å². The molecule has 2 saturated carbocycles. The maximum atomic E-state index is 14.0. The lowest BCUT2D eigenvalue weighted by Crippen LogP contribution is -2.50. The van der Waals surface area contributed by atoms with Crippen molar-refractivity contribution in [2.24, 2.45) is 5.41 Å². The number of benzene rings is 2. The van der Waals surface area contributed by atoms with E-state index in [2.05, 4.69) is 10.1 Å². The number of rotatable bonds is 7. The predicted octanol–water partition coefficient (Wildman–Crippen LogP) is 7.33. The summed E-state index contributed by atoms with van der Waals surface area (Å²) in [5.74, 6) is -0.387. The summed E-state index contributed by atoms with van der Waals surface area (Å²) in [4.78, 5) is 13.4. The van der Waals surface area contributed by atoms with Gasteiger partial charge in [-0.2, -0.15) is 0 Å². The van der Waals surface area contributed by atoms with Crippen LogP contribution in [-0.2, 0) is 11.3 Å². The number of piperidine rings is 1. The Kier molecular flexibility index (Phi) is 6.42. The zero-order valence-electron chi connectivity index (χ0n) is 20.2. The van der Waals surface area contributed by atoms with Crippen LogP contribution in [0, 0.1) is 11.2 Å². The standard InChI is InChI=1S/C28H27Cl2FN2O4/c29-22-2-1-3-23(30)24(22)25-21(26(37-32-25)16-4-5-16)15-36-20-13-28(14-20)6-8-33(9-7-28)19-11-17(27(34)35)10-18(31)12-19/h1-3,10-12,16,20H,4-9,13-15H2,(H,34,35). The predicted molar refractivity (Wildman–Crippen MR) is 139 cm³/mol. The lowest BCUT2D eigenvalue weighted by Gasteiger charge is -2.52. The van der Waals surface area contributed by atoms with Gasteiger partial charge in [-0.25, -0.2) is 9.18 Å². The van der Waals surface area contributed by atoms with E-state index in [1.54, 1.807) is 18.2 Å². The van der Waals surface area contributed by atoms with Gasteiger partial charge in [0.05, 0.1) is 28.3 Å². The molecule has 1 spiro atoms. The third kappa shape index (κ3) is 4.85. The van der Waals surface area contributed by atoms with E-state index < -0.39 is 11.8 Å². The van der Waals surface area contributed by atoms with E-state index >= 15 is 0 Å². The zero-order chi connectivity index (χ0) is 25.7. The molecule has 1 aliphatic heterocycles. The minimum Gasteiger partial charge on any atom is -0.478 e. The van der Waals surface area contributed by atoms with Gasteiger partial charge >= 0.3 is 5.97 Å². The Bertz CT molecular complexity index is 1320. The van der Waals surface area contributed by atoms with Crippen molar-refractivity contribution >= 4 is 34.9 Å². The van der Waals surface area contributed by atoms with Crippen molar-refractivity contribution in [1.29, 1.82) is 0 Å². The maximum absolute atomic E-state index is 14.0. The maximum Gasteiger partial charge on any atom is 0.335 e. The van der Waals surface area contributed by atoms with E-state index in [1.807, 2.05) is 6.07 Å². The minimum atomic E-state index is -1.12. The lowest BCUT2D eigenvalue weighted by molar-refractivity contribution is -0.0979. The van der Waals surface area contributed by atoms with Crippen molar-refractivity contribution in [3.63, 3.8) is 0 Å². The van der Waals surface area contributed by atoms with Crippen molar-refractivity contribution in [3.05, 3.63) is 69.1 Å². The fourth-order valence-electron chi connectivity index (χ4n) is 5.80. The van der Waals surface area contributed by atoms with Gasteiger partial charge in [-0.1, -0.05) is 34.4 Å². The second kappa shape index (κ2) is 9.61. The number of carboxylic acids is 1. The third-order valence-corrected chi connectivity index (χ3v) is 8.70. The first-order valence-electron chi connectivity index (χ1n) is 12.7. The average Bonchev–Trinajstić information content (AvgIpc) is 3.61. The second-order valence-electron chi connectivity index (χ2n) is 10.6. The summed E-state index contributed by atoms with van der Waals surface area (Å²) in [7, 11) is 0. The molecule has 3 aromatic rings. The fraction of sp³-hybridized carbons (Fsp3) is 0.429. The molecular weight excluding hydrogens is 518 g/mol. The highest BCUT2D eigenvalue weighted by Crippen LogP contribution is 2.52. The Morgan fingerprint density at radius 2 is 1.86 bits per heavy atom. The molecule has 6 nitrogen and oxygen atoms in total. The van der Waals surface area contributed by atoms with Crippen LogP contribution in [0.4, 0.5) is 10.1 Å². The van der Waals surface area contributed by atoms with Gasteiger partial charge in [0, 0.05) is 35.8 Å². The first-order chi connectivity index (χ1) is 17.8. The molecule has 194 valence electrons. The Balaban J connectivity index is 1.09. The van der Waals surface area contributed by atoms with Gasteiger partial charge in [-0.05, 0) is 74.3 Å². The highest BCUT2D eigenvalue weighted by atomic mass is 35.5. The molecule has 6 rings (SSSR count). The Labute approximate surface area is 224 Å². The second-order valence-corrected chi connectivity index (χ2v) is 11.4. The van der Waals surface area contributed by atoms with Crippen LogP contribution in [-0.4, -0.2) is 35.4 Å². The molecular formula is C28H27Cl2FN2O4. The molecule has 0 amide bonds. The van der Waals surface area contributed by atoms with Crippen LogP contribution in [0.2, 0.25) is 10.0 Å². The number of anilines is 1. The molecule has 37 heavy (non-hydrogen) atoms. The van der Waals surface area contributed by atoms with Crippen LogP contribution in [0.3, 0.4) is 0 Å². The van der Waals surface area contributed by atoms with Crippen LogP contribution in [0.1, 0.15) is 66.1 Å². The van der Waals surface area contributed by atoms with Crippen molar-refractivity contribution in [2.75, 3.05) is 18.0 Å². The number of ether oxygens (including phenoxy) is 1. The van der Waals surface area contributed by atoms with E-state index in [1.165, 1.54) is 6.07 Å². The monoisotopic (exact) mass is 544 g/mol. The summed E-state index contributed by atoms with van der Waals surface area (Å²) in [5.41, 5.74) is 3.10. The summed E-state index contributed by atoms with van der Waals surface area (Å²) in [6.07, 6.45) is 6.18. The topological polar surface area (TPSA) is 75.8 Å². The molecule has 2 heterocycles. The first kappa shape index (κ1) is 24.7. The van der Waals surface area contributed by atoms with Gasteiger partial charge in [0.2, 0.25) is 0 Å². The SMILES string of the molecule is O=C(O)c1cc(F)cc(N2CCC3(CC2)CC(OCc2c(-c4c(Cl)cccc4Cl)noc2C2CC2)C3)c1. The third-order valence-electron chi connectivity index (χ3n) is 8.07. The molecule has 0 bridgehead atoms. The van der Waals surface area contributed by atoms with Gasteiger partial charge in [0.1, 0.15) is 17.3 Å². The van der Waals surface area contributed by atoms with E-state index in [-0.39, 0.29) is 17.1 Å². The molecule has 1 N–H and O–H groups in total. The van der Waals surface area contributed by atoms with Crippen molar-refractivity contribution in [1.82, 2.24) is 5.16 Å². The number of nitrogens with zero attached hydrogens (tertiary/aromatic N) is 2. The smallest absolute Gasteiger partial charge is 0.335 e. The first-order valence-corrected chi connectivity index (χ1v) is 13.4. The minimum absolute atomic E-state index is 0.0239. The summed E-state index contributed by atoms with van der Waals surface area (Å²) >= 11 is 12.9. The normalized spacial score (nSPS) is 19.3. The number of aromatic carboxylic acids is 1. The largest absolute Gasteiger partial charge is 0.478 e. The molecule has 0 unspecified atom stereocenters. The molecule has 2 aliphatic carbocycles. The Hall–Kier alpha value is -2.61. The zero-order valence-corrected chi connectivity index (χ0v) is 21.7. The lowest BCUT2D eigenvalue weighted by atomic mass is 9.61. The van der Waals surface area contributed by atoms with Gasteiger partial charge in [0.15, 0.2) is 0 Å². The van der Waals surface area contributed by atoms with Crippen molar-refractivity contribution in [3.8, 4) is 11.3 Å². The molecule has 3 aliphatic rings. The number of carbonyl (C=O) groups is 1. The average molecular weight is 545 g/mol. The Morgan fingerprint density at radius 3 is 2.51 bits per heavy atom. The molecule has 0 radical (unpaired) electrons. The molecule has 3 fully saturated rings. The molecule has 1 aromatic heterocycles. The summed E-state index contributed by atoms with van der Waals surface area (Å²) in [6, 6.07) is 9.43. The van der Waals surface area contributed by atoms with Crippen LogP contribution in [0.15, 0.2) is 40.9 Å². The van der Waals surface area contributed by atoms with Gasteiger partial charge in [0.25, 0.3) is 0 Å². The van der Waals surface area contributed by atoms with Crippen LogP contribution < -0.4 is 4.90 Å². The van der Waals surface area contributed by atoms with E-state index in [0.717, 1.165) is 69.0 Å². The van der Waals surface area contributed by atoms with Gasteiger partial charge < -0.3 is 19.3 Å². The molecule has 2 aromatic carbocycles. The summed E-state index contributed by atoms with van der Waals surface area (Å²) < 4.78 is 26.1. The molecule has 1 saturated heterocycles. The summed E-state index contributed by atoms with van der Waals surface area (Å²) in [6.45, 7) is 1.93. The number of hydrogen-bond acceptors (Lipinski definition) is 5. The van der Waals surface area contributed by atoms with E-state index in [4.69, 9.17) is 32.5 Å². The number of carboxylic acid groups (broad SMARTS) is 1. The van der Waals surface area contributed by atoms with Crippen LogP contribution >= 0.6 is 23.2 Å². The molecule has 0 atom stereocenters. The quantitative estimate of drug-likeness (QED) is 0.335. The number of hydrogen-bond donors (Lipinski definition) is 1.